The molecule has 1 aromatic heterocycles. The standard InChI is InChI=1S/C13H23N5O/c1-10-3-5-11(6-4-10)17(2)13(19)12-9-18(8-7-14)16-15-12/h9-11H,3-8,14H2,1-2H3. The summed E-state index contributed by atoms with van der Waals surface area (Å²) in [6, 6.07) is 0.336. The average molecular weight is 265 g/mol. The van der Waals surface area contributed by atoms with Crippen LogP contribution < -0.4 is 5.73 Å². The van der Waals surface area contributed by atoms with Gasteiger partial charge in [0.2, 0.25) is 0 Å². The smallest absolute Gasteiger partial charge is 0.276 e. The molecule has 1 amide bonds. The summed E-state index contributed by atoms with van der Waals surface area (Å²) in [6.07, 6.45) is 6.24. The summed E-state index contributed by atoms with van der Waals surface area (Å²) in [5.41, 5.74) is 5.86. The van der Waals surface area contributed by atoms with Gasteiger partial charge >= 0.3 is 0 Å². The molecule has 2 rings (SSSR count). The Kier molecular flexibility index (Phi) is 4.52. The molecule has 1 saturated carbocycles. The van der Waals surface area contributed by atoms with Gasteiger partial charge in [0.15, 0.2) is 5.69 Å². The number of carbonyl (C=O) groups is 1. The second kappa shape index (κ2) is 6.14. The zero-order valence-electron chi connectivity index (χ0n) is 11.7. The molecule has 1 fully saturated rings. The maximum atomic E-state index is 12.3. The molecule has 1 aliphatic rings. The molecule has 2 N–H and O–H groups in total. The van der Waals surface area contributed by atoms with Gasteiger partial charge in [-0.3, -0.25) is 9.48 Å². The minimum atomic E-state index is -0.0391. The number of aromatic nitrogens is 3. The molecule has 6 heteroatoms. The first-order valence-electron chi connectivity index (χ1n) is 6.99. The number of nitrogens with two attached hydrogens (primary N) is 1. The summed E-state index contributed by atoms with van der Waals surface area (Å²) < 4.78 is 1.62. The zero-order valence-corrected chi connectivity index (χ0v) is 11.7. The fraction of sp³-hybridized carbons (Fsp3) is 0.769. The lowest BCUT2D eigenvalue weighted by Gasteiger charge is -2.33. The predicted octanol–water partition coefficient (Wildman–Crippen LogP) is 0.887. The van der Waals surface area contributed by atoms with Crippen molar-refractivity contribution in [2.75, 3.05) is 13.6 Å². The molecule has 0 aliphatic heterocycles. The van der Waals surface area contributed by atoms with Gasteiger partial charge in [-0.1, -0.05) is 12.1 Å². The molecule has 0 spiro atoms. The summed E-state index contributed by atoms with van der Waals surface area (Å²) in [4.78, 5) is 14.1. The van der Waals surface area contributed by atoms with Crippen LogP contribution in [0.15, 0.2) is 6.20 Å². The van der Waals surface area contributed by atoms with Crippen LogP contribution in [0.25, 0.3) is 0 Å². The Morgan fingerprint density at radius 1 is 1.47 bits per heavy atom. The van der Waals surface area contributed by atoms with Crippen LogP contribution in [0.5, 0.6) is 0 Å². The molecule has 1 heterocycles. The van der Waals surface area contributed by atoms with Crippen molar-refractivity contribution in [1.82, 2.24) is 19.9 Å². The van der Waals surface area contributed by atoms with Crippen molar-refractivity contribution in [2.45, 2.75) is 45.2 Å². The summed E-state index contributed by atoms with van der Waals surface area (Å²) in [5, 5.41) is 7.84. The topological polar surface area (TPSA) is 77.0 Å². The van der Waals surface area contributed by atoms with E-state index in [9.17, 15) is 4.79 Å². The molecule has 0 saturated heterocycles. The van der Waals surface area contributed by atoms with Gasteiger partial charge in [0.1, 0.15) is 0 Å². The Balaban J connectivity index is 1.97. The van der Waals surface area contributed by atoms with E-state index in [1.54, 1.807) is 10.9 Å². The van der Waals surface area contributed by atoms with E-state index in [-0.39, 0.29) is 5.91 Å². The first-order chi connectivity index (χ1) is 9.11. The average Bonchev–Trinajstić information content (AvgIpc) is 2.87. The summed E-state index contributed by atoms with van der Waals surface area (Å²) >= 11 is 0. The Bertz CT molecular complexity index is 422. The Morgan fingerprint density at radius 3 is 2.79 bits per heavy atom. The van der Waals surface area contributed by atoms with Gasteiger partial charge < -0.3 is 10.6 Å². The lowest BCUT2D eigenvalue weighted by Crippen LogP contribution is -2.39. The van der Waals surface area contributed by atoms with Gasteiger partial charge in [0, 0.05) is 19.6 Å². The van der Waals surface area contributed by atoms with E-state index >= 15 is 0 Å². The number of hydrogen-bond donors (Lipinski definition) is 1. The maximum absolute atomic E-state index is 12.3. The molecule has 19 heavy (non-hydrogen) atoms. The molecule has 106 valence electrons. The molecule has 1 aliphatic carbocycles. The van der Waals surface area contributed by atoms with Crippen molar-refractivity contribution in [1.29, 1.82) is 0 Å². The van der Waals surface area contributed by atoms with Crippen LogP contribution in [0.3, 0.4) is 0 Å². The predicted molar refractivity (Wildman–Crippen MR) is 72.6 cm³/mol. The number of rotatable bonds is 4. The number of carbonyl (C=O) groups excluding carboxylic acids is 1. The molecule has 0 radical (unpaired) electrons. The molecule has 0 aromatic carbocycles. The van der Waals surface area contributed by atoms with Gasteiger partial charge in [-0.2, -0.15) is 0 Å². The lowest BCUT2D eigenvalue weighted by atomic mass is 9.86. The van der Waals surface area contributed by atoms with Gasteiger partial charge in [-0.25, -0.2) is 0 Å². The maximum Gasteiger partial charge on any atom is 0.276 e. The van der Waals surface area contributed by atoms with Crippen molar-refractivity contribution in [3.05, 3.63) is 11.9 Å². The Morgan fingerprint density at radius 2 is 2.16 bits per heavy atom. The Labute approximate surface area is 113 Å². The van der Waals surface area contributed by atoms with Crippen LogP contribution in [-0.4, -0.2) is 45.4 Å². The molecular formula is C13H23N5O. The number of amides is 1. The summed E-state index contributed by atoms with van der Waals surface area (Å²) in [6.45, 7) is 3.36. The minimum absolute atomic E-state index is 0.0391. The Hall–Kier alpha value is -1.43. The first kappa shape index (κ1) is 14.0. The van der Waals surface area contributed by atoms with Gasteiger partial charge in [0.25, 0.3) is 5.91 Å². The van der Waals surface area contributed by atoms with Crippen molar-refractivity contribution in [3.63, 3.8) is 0 Å². The molecule has 6 nitrogen and oxygen atoms in total. The number of nitrogens with zero attached hydrogens (tertiary/aromatic N) is 4. The summed E-state index contributed by atoms with van der Waals surface area (Å²) in [5.74, 6) is 0.744. The summed E-state index contributed by atoms with van der Waals surface area (Å²) in [7, 11) is 1.87. The molecule has 0 unspecified atom stereocenters. The normalized spacial score (nSPS) is 23.3. The third-order valence-corrected chi connectivity index (χ3v) is 3.97. The fourth-order valence-corrected chi connectivity index (χ4v) is 2.61. The van der Waals surface area contributed by atoms with E-state index in [1.807, 2.05) is 11.9 Å². The van der Waals surface area contributed by atoms with Gasteiger partial charge in [-0.05, 0) is 31.6 Å². The van der Waals surface area contributed by atoms with E-state index in [1.165, 1.54) is 12.8 Å². The SMILES string of the molecule is CC1CCC(N(C)C(=O)c2cn(CCN)nn2)CC1. The third kappa shape index (κ3) is 3.32. The van der Waals surface area contributed by atoms with Crippen LogP contribution >= 0.6 is 0 Å². The monoisotopic (exact) mass is 265 g/mol. The van der Waals surface area contributed by atoms with Gasteiger partial charge in [0.05, 0.1) is 12.7 Å². The highest BCUT2D eigenvalue weighted by molar-refractivity contribution is 5.91. The van der Waals surface area contributed by atoms with Crippen LogP contribution in [0.4, 0.5) is 0 Å². The van der Waals surface area contributed by atoms with E-state index < -0.39 is 0 Å². The first-order valence-corrected chi connectivity index (χ1v) is 6.99. The second-order valence-electron chi connectivity index (χ2n) is 5.49. The molecule has 1 aromatic rings. The van der Waals surface area contributed by atoms with Crippen molar-refractivity contribution >= 4 is 5.91 Å². The van der Waals surface area contributed by atoms with Crippen LogP contribution in [-0.2, 0) is 6.54 Å². The van der Waals surface area contributed by atoms with E-state index in [4.69, 9.17) is 5.73 Å². The third-order valence-electron chi connectivity index (χ3n) is 3.97. The molecular weight excluding hydrogens is 242 g/mol. The second-order valence-corrected chi connectivity index (χ2v) is 5.49. The highest BCUT2D eigenvalue weighted by Crippen LogP contribution is 2.26. The quantitative estimate of drug-likeness (QED) is 0.877. The van der Waals surface area contributed by atoms with E-state index in [0.717, 1.165) is 18.8 Å². The van der Waals surface area contributed by atoms with Crippen LogP contribution in [0, 0.1) is 5.92 Å². The van der Waals surface area contributed by atoms with Crippen molar-refractivity contribution in [3.8, 4) is 0 Å². The largest absolute Gasteiger partial charge is 0.337 e. The zero-order chi connectivity index (χ0) is 13.8. The van der Waals surface area contributed by atoms with Gasteiger partial charge in [-0.15, -0.1) is 5.10 Å². The van der Waals surface area contributed by atoms with E-state index in [0.29, 0.717) is 24.8 Å². The highest BCUT2D eigenvalue weighted by Gasteiger charge is 2.26. The lowest BCUT2D eigenvalue weighted by molar-refractivity contribution is 0.0673. The molecule has 0 atom stereocenters. The van der Waals surface area contributed by atoms with Crippen molar-refractivity contribution in [2.24, 2.45) is 11.7 Å². The van der Waals surface area contributed by atoms with E-state index in [2.05, 4.69) is 17.2 Å². The van der Waals surface area contributed by atoms with Crippen LogP contribution in [0.1, 0.15) is 43.1 Å². The number of hydrogen-bond acceptors (Lipinski definition) is 4. The fourth-order valence-electron chi connectivity index (χ4n) is 2.61. The van der Waals surface area contributed by atoms with Crippen molar-refractivity contribution < 1.29 is 4.79 Å². The van der Waals surface area contributed by atoms with Crippen LogP contribution in [0.2, 0.25) is 0 Å². The highest BCUT2D eigenvalue weighted by atomic mass is 16.2. The molecule has 0 bridgehead atoms. The minimum Gasteiger partial charge on any atom is -0.337 e.